The third kappa shape index (κ3) is 3.80. The summed E-state index contributed by atoms with van der Waals surface area (Å²) >= 11 is 0. The number of rotatable bonds is 4. The molecule has 0 aliphatic heterocycles. The number of fused-ring (bicyclic) bond motifs is 1. The molecule has 2 amide bonds. The summed E-state index contributed by atoms with van der Waals surface area (Å²) in [5.74, 6) is 0.199. The van der Waals surface area contributed by atoms with E-state index in [4.69, 9.17) is 0 Å². The predicted molar refractivity (Wildman–Crippen MR) is 116 cm³/mol. The first-order chi connectivity index (χ1) is 14.9. The normalized spacial score (nSPS) is 10.8. The van der Waals surface area contributed by atoms with Gasteiger partial charge in [0.15, 0.2) is 0 Å². The number of urea groups is 1. The molecule has 0 atom stereocenters. The Bertz CT molecular complexity index is 1360. The lowest BCUT2D eigenvalue weighted by atomic mass is 10.1. The fourth-order valence-corrected chi connectivity index (χ4v) is 3.13. The zero-order chi connectivity index (χ0) is 22.1. The SMILES string of the molecule is CNc1ncc2cc(-c3ccc(F)c(NC(=O)Nc4ccnn4C)c3)c(=O)n(C)c2n1. The number of benzene rings is 1. The molecule has 0 aliphatic carbocycles. The molecule has 0 bridgehead atoms. The van der Waals surface area contributed by atoms with Gasteiger partial charge in [-0.2, -0.15) is 10.1 Å². The second-order valence-corrected chi connectivity index (χ2v) is 6.76. The van der Waals surface area contributed by atoms with Crippen LogP contribution in [0.1, 0.15) is 0 Å². The molecule has 0 saturated carbocycles. The Labute approximate surface area is 175 Å². The average Bonchev–Trinajstić information content (AvgIpc) is 3.16. The van der Waals surface area contributed by atoms with E-state index in [1.54, 1.807) is 39.5 Å². The van der Waals surface area contributed by atoms with Crippen LogP contribution in [-0.2, 0) is 14.1 Å². The number of carbonyl (C=O) groups is 1. The number of carbonyl (C=O) groups excluding carboxylic acids is 1. The molecule has 0 unspecified atom stereocenters. The Balaban J connectivity index is 1.70. The van der Waals surface area contributed by atoms with Crippen LogP contribution in [0.25, 0.3) is 22.2 Å². The molecule has 0 aliphatic rings. The minimum Gasteiger partial charge on any atom is -0.357 e. The van der Waals surface area contributed by atoms with Gasteiger partial charge in [-0.1, -0.05) is 6.07 Å². The molecular weight excluding hydrogens is 403 g/mol. The summed E-state index contributed by atoms with van der Waals surface area (Å²) in [6.45, 7) is 0. The maximum atomic E-state index is 14.3. The zero-order valence-corrected chi connectivity index (χ0v) is 17.0. The average molecular weight is 422 g/mol. The number of aromatic nitrogens is 5. The minimum absolute atomic E-state index is 0.0684. The third-order valence-corrected chi connectivity index (χ3v) is 4.76. The minimum atomic E-state index is -0.640. The van der Waals surface area contributed by atoms with Crippen LogP contribution in [0.3, 0.4) is 0 Å². The van der Waals surface area contributed by atoms with E-state index in [9.17, 15) is 14.0 Å². The van der Waals surface area contributed by atoms with E-state index >= 15 is 0 Å². The number of halogens is 1. The number of hydrogen-bond acceptors (Lipinski definition) is 6. The molecule has 0 radical (unpaired) electrons. The molecule has 158 valence electrons. The molecule has 0 fully saturated rings. The summed E-state index contributed by atoms with van der Waals surface area (Å²) in [6.07, 6.45) is 3.12. The molecule has 3 aromatic heterocycles. The summed E-state index contributed by atoms with van der Waals surface area (Å²) in [5.41, 5.74) is 0.846. The number of hydrogen-bond donors (Lipinski definition) is 3. The second kappa shape index (κ2) is 7.86. The van der Waals surface area contributed by atoms with Crippen molar-refractivity contribution in [1.29, 1.82) is 0 Å². The van der Waals surface area contributed by atoms with Gasteiger partial charge < -0.3 is 10.6 Å². The van der Waals surface area contributed by atoms with Crippen molar-refractivity contribution in [2.45, 2.75) is 0 Å². The van der Waals surface area contributed by atoms with E-state index in [2.05, 4.69) is 31.0 Å². The second-order valence-electron chi connectivity index (χ2n) is 6.76. The molecule has 0 saturated heterocycles. The molecule has 3 heterocycles. The van der Waals surface area contributed by atoms with Crippen molar-refractivity contribution in [3.05, 3.63) is 58.9 Å². The molecule has 4 rings (SSSR count). The molecular formula is C20H19FN8O2. The van der Waals surface area contributed by atoms with Gasteiger partial charge in [0.05, 0.1) is 11.9 Å². The first kappa shape index (κ1) is 20.0. The predicted octanol–water partition coefficient (Wildman–Crippen LogP) is 2.55. The van der Waals surface area contributed by atoms with Crippen molar-refractivity contribution >= 4 is 34.5 Å². The lowest BCUT2D eigenvalue weighted by molar-refractivity contribution is 0.262. The van der Waals surface area contributed by atoms with Crippen LogP contribution in [0.4, 0.5) is 26.6 Å². The number of pyridine rings is 1. The van der Waals surface area contributed by atoms with Crippen molar-refractivity contribution < 1.29 is 9.18 Å². The Hall–Kier alpha value is -4.28. The zero-order valence-electron chi connectivity index (χ0n) is 17.0. The fraction of sp³-hybridized carbons (Fsp3) is 0.150. The van der Waals surface area contributed by atoms with Gasteiger partial charge in [0.25, 0.3) is 5.56 Å². The van der Waals surface area contributed by atoms with Crippen molar-refractivity contribution in [3.8, 4) is 11.1 Å². The van der Waals surface area contributed by atoms with Gasteiger partial charge in [0, 0.05) is 44.4 Å². The summed E-state index contributed by atoms with van der Waals surface area (Å²) < 4.78 is 17.2. The maximum absolute atomic E-state index is 14.3. The lowest BCUT2D eigenvalue weighted by Crippen LogP contribution is -2.22. The molecule has 31 heavy (non-hydrogen) atoms. The summed E-state index contributed by atoms with van der Waals surface area (Å²) in [5, 5.41) is 12.5. The lowest BCUT2D eigenvalue weighted by Gasteiger charge is -2.12. The Kier molecular flexibility index (Phi) is 5.07. The highest BCUT2D eigenvalue weighted by atomic mass is 19.1. The van der Waals surface area contributed by atoms with Crippen LogP contribution < -0.4 is 21.5 Å². The molecule has 1 aromatic carbocycles. The fourth-order valence-electron chi connectivity index (χ4n) is 3.13. The van der Waals surface area contributed by atoms with E-state index in [-0.39, 0.29) is 11.2 Å². The summed E-state index contributed by atoms with van der Waals surface area (Å²) in [6, 6.07) is 6.68. The third-order valence-electron chi connectivity index (χ3n) is 4.76. The van der Waals surface area contributed by atoms with Gasteiger partial charge in [0.1, 0.15) is 17.3 Å². The van der Waals surface area contributed by atoms with Gasteiger partial charge in [-0.15, -0.1) is 0 Å². The highest BCUT2D eigenvalue weighted by Crippen LogP contribution is 2.25. The van der Waals surface area contributed by atoms with Crippen LogP contribution in [0, 0.1) is 5.82 Å². The molecule has 3 N–H and O–H groups in total. The molecule has 4 aromatic rings. The number of anilines is 3. The highest BCUT2D eigenvalue weighted by molar-refractivity contribution is 5.99. The maximum Gasteiger partial charge on any atom is 0.324 e. The number of amides is 2. The van der Waals surface area contributed by atoms with Crippen molar-refractivity contribution in [2.24, 2.45) is 14.1 Å². The van der Waals surface area contributed by atoms with Crippen LogP contribution in [0.2, 0.25) is 0 Å². The quantitative estimate of drug-likeness (QED) is 0.465. The largest absolute Gasteiger partial charge is 0.357 e. The van der Waals surface area contributed by atoms with Gasteiger partial charge in [-0.25, -0.2) is 14.2 Å². The summed E-state index contributed by atoms with van der Waals surface area (Å²) in [4.78, 5) is 33.7. The monoisotopic (exact) mass is 422 g/mol. The van der Waals surface area contributed by atoms with Crippen LogP contribution in [0.15, 0.2) is 47.5 Å². The Morgan fingerprint density at radius 3 is 2.65 bits per heavy atom. The van der Waals surface area contributed by atoms with Crippen LogP contribution in [-0.4, -0.2) is 37.4 Å². The van der Waals surface area contributed by atoms with E-state index in [0.29, 0.717) is 33.9 Å². The van der Waals surface area contributed by atoms with Gasteiger partial charge in [-0.05, 0) is 23.8 Å². The number of aryl methyl sites for hydroxylation is 2. The Morgan fingerprint density at radius 1 is 1.13 bits per heavy atom. The van der Waals surface area contributed by atoms with Gasteiger partial charge in [-0.3, -0.25) is 19.4 Å². The summed E-state index contributed by atoms with van der Waals surface area (Å²) in [7, 11) is 4.95. The van der Waals surface area contributed by atoms with Crippen molar-refractivity contribution in [1.82, 2.24) is 24.3 Å². The van der Waals surface area contributed by atoms with Gasteiger partial charge in [0.2, 0.25) is 5.95 Å². The van der Waals surface area contributed by atoms with E-state index in [1.807, 2.05) is 0 Å². The Morgan fingerprint density at radius 2 is 1.94 bits per heavy atom. The number of nitrogens with zero attached hydrogens (tertiary/aromatic N) is 5. The topological polar surface area (TPSA) is 119 Å². The number of nitrogens with one attached hydrogen (secondary N) is 3. The highest BCUT2D eigenvalue weighted by Gasteiger charge is 2.15. The molecule has 0 spiro atoms. The van der Waals surface area contributed by atoms with E-state index in [1.165, 1.54) is 33.6 Å². The molecule has 11 heteroatoms. The first-order valence-electron chi connectivity index (χ1n) is 9.28. The van der Waals surface area contributed by atoms with Crippen LogP contribution >= 0.6 is 0 Å². The van der Waals surface area contributed by atoms with Crippen molar-refractivity contribution in [3.63, 3.8) is 0 Å². The van der Waals surface area contributed by atoms with E-state index in [0.717, 1.165) is 0 Å². The van der Waals surface area contributed by atoms with E-state index < -0.39 is 11.8 Å². The smallest absolute Gasteiger partial charge is 0.324 e. The van der Waals surface area contributed by atoms with Gasteiger partial charge >= 0.3 is 6.03 Å². The first-order valence-corrected chi connectivity index (χ1v) is 9.28. The molecule has 10 nitrogen and oxygen atoms in total. The van der Waals surface area contributed by atoms with Crippen molar-refractivity contribution in [2.75, 3.05) is 23.0 Å². The standard InChI is InChI=1S/C20H19FN8O2/c1-22-19-23-10-12-8-13(18(30)28(2)17(12)27-19)11-4-5-14(21)15(9-11)25-20(31)26-16-6-7-24-29(16)3/h4-10H,1-3H3,(H,22,23,27)(H2,25,26,31). The van der Waals surface area contributed by atoms with Crippen LogP contribution in [0.5, 0.6) is 0 Å².